The van der Waals surface area contributed by atoms with Crippen molar-refractivity contribution in [2.75, 3.05) is 26.2 Å². The van der Waals surface area contributed by atoms with Gasteiger partial charge in [0.1, 0.15) is 5.75 Å². The highest BCUT2D eigenvalue weighted by Crippen LogP contribution is 2.36. The van der Waals surface area contributed by atoms with Crippen LogP contribution in [0.1, 0.15) is 49.0 Å². The Labute approximate surface area is 161 Å². The van der Waals surface area contributed by atoms with Crippen molar-refractivity contribution in [2.45, 2.75) is 38.5 Å². The van der Waals surface area contributed by atoms with E-state index in [9.17, 15) is 0 Å². The molecule has 2 unspecified atom stereocenters. The number of thiophene rings is 1. The van der Waals surface area contributed by atoms with E-state index in [1.54, 1.807) is 0 Å². The summed E-state index contributed by atoms with van der Waals surface area (Å²) < 4.78 is 6.12. The third-order valence-electron chi connectivity index (χ3n) is 5.23. The van der Waals surface area contributed by atoms with Crippen LogP contribution < -0.4 is 4.74 Å². The lowest BCUT2D eigenvalue weighted by Gasteiger charge is -2.38. The fourth-order valence-electron chi connectivity index (χ4n) is 3.80. The molecule has 1 aromatic heterocycles. The molecule has 0 N–H and O–H groups in total. The van der Waals surface area contributed by atoms with E-state index in [0.29, 0.717) is 24.0 Å². The van der Waals surface area contributed by atoms with Gasteiger partial charge < -0.3 is 9.64 Å². The second-order valence-electron chi connectivity index (χ2n) is 7.13. The largest absolute Gasteiger partial charge is 0.493 e. The molecule has 2 atom stereocenters. The average molecular weight is 369 g/mol. The number of benzene rings is 1. The number of nitrogens with zero attached hydrogens (tertiary/aromatic N) is 2. The molecule has 4 heteroatoms. The van der Waals surface area contributed by atoms with Crippen LogP contribution in [0.2, 0.25) is 0 Å². The molecular weight excluding hydrogens is 340 g/mol. The summed E-state index contributed by atoms with van der Waals surface area (Å²) in [6.07, 6.45) is 5.08. The van der Waals surface area contributed by atoms with Crippen molar-refractivity contribution in [2.24, 2.45) is 5.92 Å². The van der Waals surface area contributed by atoms with Crippen molar-refractivity contribution in [3.8, 4) is 11.8 Å². The molecule has 1 fully saturated rings. The van der Waals surface area contributed by atoms with E-state index in [1.165, 1.54) is 43.6 Å². The molecule has 2 heterocycles. The maximum Gasteiger partial charge on any atom is 0.120 e. The van der Waals surface area contributed by atoms with Crippen LogP contribution in [0.5, 0.6) is 5.75 Å². The summed E-state index contributed by atoms with van der Waals surface area (Å²) >= 11 is 1.87. The lowest BCUT2D eigenvalue weighted by molar-refractivity contribution is 0.111. The van der Waals surface area contributed by atoms with Crippen molar-refractivity contribution in [1.82, 2.24) is 4.90 Å². The van der Waals surface area contributed by atoms with Gasteiger partial charge in [-0.3, -0.25) is 0 Å². The Kier molecular flexibility index (Phi) is 7.11. The highest BCUT2D eigenvalue weighted by molar-refractivity contribution is 7.10. The van der Waals surface area contributed by atoms with Gasteiger partial charge in [0.2, 0.25) is 0 Å². The zero-order valence-electron chi connectivity index (χ0n) is 15.6. The summed E-state index contributed by atoms with van der Waals surface area (Å²) in [6.45, 7) is 6.46. The molecule has 0 aliphatic carbocycles. The van der Waals surface area contributed by atoms with E-state index >= 15 is 0 Å². The first-order valence-corrected chi connectivity index (χ1v) is 10.6. The summed E-state index contributed by atoms with van der Waals surface area (Å²) in [5, 5.41) is 11.3. The van der Waals surface area contributed by atoms with Gasteiger partial charge in [0.05, 0.1) is 18.2 Å². The van der Waals surface area contributed by atoms with Gasteiger partial charge in [-0.25, -0.2) is 0 Å². The molecule has 0 amide bonds. The summed E-state index contributed by atoms with van der Waals surface area (Å²) in [5.41, 5.74) is 0.655. The zero-order chi connectivity index (χ0) is 18.2. The predicted molar refractivity (Wildman–Crippen MR) is 108 cm³/mol. The van der Waals surface area contributed by atoms with Gasteiger partial charge in [0, 0.05) is 23.3 Å². The molecule has 0 saturated carbocycles. The van der Waals surface area contributed by atoms with Crippen molar-refractivity contribution >= 4 is 11.3 Å². The maximum absolute atomic E-state index is 9.07. The Morgan fingerprint density at radius 3 is 2.96 bits per heavy atom. The lowest BCUT2D eigenvalue weighted by atomic mass is 9.84. The first-order chi connectivity index (χ1) is 12.8. The molecule has 1 aliphatic rings. The van der Waals surface area contributed by atoms with E-state index in [0.717, 1.165) is 12.3 Å². The molecule has 1 aliphatic heterocycles. The fourth-order valence-corrected chi connectivity index (χ4v) is 4.76. The number of hydrogen-bond acceptors (Lipinski definition) is 4. The summed E-state index contributed by atoms with van der Waals surface area (Å²) in [7, 11) is 0. The first-order valence-electron chi connectivity index (χ1n) is 9.69. The summed E-state index contributed by atoms with van der Waals surface area (Å²) in [4.78, 5) is 4.09. The van der Waals surface area contributed by atoms with E-state index < -0.39 is 0 Å². The topological polar surface area (TPSA) is 36.3 Å². The number of ether oxygens (including phenoxy) is 1. The standard InChI is InChI=1S/C22H28N2OS/c1-2-3-4-11-24-12-10-21(22-9-6-13-26-22)19(16-24)17-25-20-8-5-7-18(14-20)15-23/h5-9,13-14,19,21H,2-4,10-12,16-17H2,1H3. The molecule has 1 aromatic carbocycles. The predicted octanol–water partition coefficient (Wildman–Crippen LogP) is 5.29. The molecule has 2 aromatic rings. The highest BCUT2D eigenvalue weighted by atomic mass is 32.1. The minimum absolute atomic E-state index is 0.495. The monoisotopic (exact) mass is 368 g/mol. The van der Waals surface area contributed by atoms with Gasteiger partial charge in [-0.1, -0.05) is 31.9 Å². The third-order valence-corrected chi connectivity index (χ3v) is 6.24. The Morgan fingerprint density at radius 2 is 2.19 bits per heavy atom. The van der Waals surface area contributed by atoms with Crippen LogP contribution in [0.3, 0.4) is 0 Å². The van der Waals surface area contributed by atoms with Crippen LogP contribution in [-0.4, -0.2) is 31.1 Å². The van der Waals surface area contributed by atoms with Crippen molar-refractivity contribution in [3.05, 3.63) is 52.2 Å². The number of likely N-dealkylation sites (tertiary alicyclic amines) is 1. The first kappa shape index (κ1) is 18.9. The van der Waals surface area contributed by atoms with Gasteiger partial charge in [-0.05, 0) is 55.6 Å². The van der Waals surface area contributed by atoms with Crippen LogP contribution in [0.25, 0.3) is 0 Å². The molecule has 3 nitrogen and oxygen atoms in total. The average Bonchev–Trinajstić information content (AvgIpc) is 3.21. The van der Waals surface area contributed by atoms with Gasteiger partial charge in [-0.15, -0.1) is 11.3 Å². The molecule has 138 valence electrons. The van der Waals surface area contributed by atoms with Gasteiger partial charge in [0.15, 0.2) is 0 Å². The van der Waals surface area contributed by atoms with Crippen LogP contribution in [0, 0.1) is 17.2 Å². The molecule has 26 heavy (non-hydrogen) atoms. The quantitative estimate of drug-likeness (QED) is 0.594. The summed E-state index contributed by atoms with van der Waals surface area (Å²) in [5.74, 6) is 1.88. The molecule has 0 spiro atoms. The second-order valence-corrected chi connectivity index (χ2v) is 8.11. The Bertz CT molecular complexity index is 707. The number of rotatable bonds is 8. The normalized spacial score (nSPS) is 20.6. The van der Waals surface area contributed by atoms with Crippen LogP contribution >= 0.6 is 11.3 Å². The minimum atomic E-state index is 0.495. The van der Waals surface area contributed by atoms with Gasteiger partial charge in [-0.2, -0.15) is 5.26 Å². The second kappa shape index (κ2) is 9.75. The van der Waals surface area contributed by atoms with E-state index in [2.05, 4.69) is 35.4 Å². The zero-order valence-corrected chi connectivity index (χ0v) is 16.4. The Morgan fingerprint density at radius 1 is 1.27 bits per heavy atom. The van der Waals surface area contributed by atoms with Crippen LogP contribution in [0.4, 0.5) is 0 Å². The van der Waals surface area contributed by atoms with Gasteiger partial charge >= 0.3 is 0 Å². The van der Waals surface area contributed by atoms with Crippen LogP contribution in [0.15, 0.2) is 41.8 Å². The van der Waals surface area contributed by atoms with Crippen molar-refractivity contribution in [1.29, 1.82) is 5.26 Å². The number of hydrogen-bond donors (Lipinski definition) is 0. The molecule has 0 bridgehead atoms. The molecule has 0 radical (unpaired) electrons. The Balaban J connectivity index is 1.64. The lowest BCUT2D eigenvalue weighted by Crippen LogP contribution is -2.42. The van der Waals surface area contributed by atoms with Crippen molar-refractivity contribution < 1.29 is 4.74 Å². The summed E-state index contributed by atoms with van der Waals surface area (Å²) in [6, 6.07) is 14.1. The molecule has 3 rings (SSSR count). The third kappa shape index (κ3) is 5.09. The van der Waals surface area contributed by atoms with E-state index in [-0.39, 0.29) is 0 Å². The van der Waals surface area contributed by atoms with Crippen LogP contribution in [-0.2, 0) is 0 Å². The highest BCUT2D eigenvalue weighted by Gasteiger charge is 2.31. The Hall–Kier alpha value is -1.83. The SMILES string of the molecule is CCCCCN1CCC(c2cccs2)C(COc2cccc(C#N)c2)C1. The number of piperidine rings is 1. The number of nitriles is 1. The van der Waals surface area contributed by atoms with Crippen molar-refractivity contribution in [3.63, 3.8) is 0 Å². The fraction of sp³-hybridized carbons (Fsp3) is 0.500. The van der Waals surface area contributed by atoms with E-state index in [4.69, 9.17) is 10.00 Å². The van der Waals surface area contributed by atoms with Gasteiger partial charge in [0.25, 0.3) is 0 Å². The maximum atomic E-state index is 9.07. The minimum Gasteiger partial charge on any atom is -0.493 e. The number of unbranched alkanes of at least 4 members (excludes halogenated alkanes) is 2. The van der Waals surface area contributed by atoms with E-state index in [1.807, 2.05) is 35.6 Å². The molecule has 1 saturated heterocycles. The smallest absolute Gasteiger partial charge is 0.120 e. The molecular formula is C22H28N2OS.